The van der Waals surface area contributed by atoms with E-state index in [1.54, 1.807) is 0 Å². The standard InChI is InChI=1S/C8H17N3O4/c1-4(9)8(15)11-6(3-13)7(14)5(10)2-12/h2,4-7,13-14H,3,9-10H2,1H3,(H,11,15)/t4-,5-,6+,7-/m1/s1. The van der Waals surface area contributed by atoms with Crippen molar-refractivity contribution in [3.05, 3.63) is 0 Å². The quantitative estimate of drug-likeness (QED) is 0.296. The van der Waals surface area contributed by atoms with Gasteiger partial charge in [0.05, 0.1) is 30.8 Å². The van der Waals surface area contributed by atoms with Crippen molar-refractivity contribution in [1.82, 2.24) is 5.32 Å². The number of amides is 1. The van der Waals surface area contributed by atoms with Crippen molar-refractivity contribution in [3.63, 3.8) is 0 Å². The zero-order valence-electron chi connectivity index (χ0n) is 8.46. The van der Waals surface area contributed by atoms with E-state index in [0.717, 1.165) is 0 Å². The topological polar surface area (TPSA) is 139 Å². The largest absolute Gasteiger partial charge is 0.394 e. The minimum atomic E-state index is -1.34. The van der Waals surface area contributed by atoms with Crippen LogP contribution in [0, 0.1) is 0 Å². The number of nitrogens with two attached hydrogens (primary N) is 2. The second-order valence-electron chi connectivity index (χ2n) is 3.29. The molecule has 0 aliphatic carbocycles. The number of carbonyl (C=O) groups is 2. The fraction of sp³-hybridized carbons (Fsp3) is 0.750. The highest BCUT2D eigenvalue weighted by atomic mass is 16.3. The summed E-state index contributed by atoms with van der Waals surface area (Å²) in [7, 11) is 0. The van der Waals surface area contributed by atoms with Gasteiger partial charge in [0, 0.05) is 0 Å². The van der Waals surface area contributed by atoms with Crippen LogP contribution in [0.4, 0.5) is 0 Å². The Morgan fingerprint density at radius 2 is 2.07 bits per heavy atom. The van der Waals surface area contributed by atoms with E-state index in [9.17, 15) is 14.7 Å². The Labute approximate surface area is 87.4 Å². The molecule has 0 radical (unpaired) electrons. The number of hydrogen-bond acceptors (Lipinski definition) is 6. The summed E-state index contributed by atoms with van der Waals surface area (Å²) in [4.78, 5) is 21.4. The van der Waals surface area contributed by atoms with Gasteiger partial charge >= 0.3 is 0 Å². The van der Waals surface area contributed by atoms with Crippen molar-refractivity contribution in [2.24, 2.45) is 11.5 Å². The van der Waals surface area contributed by atoms with Gasteiger partial charge in [-0.1, -0.05) is 0 Å². The highest BCUT2D eigenvalue weighted by Crippen LogP contribution is 1.97. The molecular weight excluding hydrogens is 202 g/mol. The summed E-state index contributed by atoms with van der Waals surface area (Å²) in [6.45, 7) is 0.928. The average Bonchev–Trinajstić information content (AvgIpc) is 2.23. The number of nitrogens with one attached hydrogen (secondary N) is 1. The summed E-state index contributed by atoms with van der Waals surface area (Å²) < 4.78 is 0. The maximum Gasteiger partial charge on any atom is 0.237 e. The molecule has 7 nitrogen and oxygen atoms in total. The van der Waals surface area contributed by atoms with E-state index in [-0.39, 0.29) is 0 Å². The molecule has 15 heavy (non-hydrogen) atoms. The third-order valence-corrected chi connectivity index (χ3v) is 1.90. The van der Waals surface area contributed by atoms with Crippen LogP contribution in [0.25, 0.3) is 0 Å². The minimum absolute atomic E-state index is 0.339. The number of aliphatic hydroxyl groups excluding tert-OH is 2. The highest BCUT2D eigenvalue weighted by molar-refractivity contribution is 5.81. The number of aliphatic hydroxyl groups is 2. The SMILES string of the molecule is C[C@@H](N)C(=O)N[C@@H](CO)[C@H](O)[C@H](N)C=O. The predicted molar refractivity (Wildman–Crippen MR) is 52.7 cm³/mol. The van der Waals surface area contributed by atoms with Gasteiger partial charge in [0.25, 0.3) is 0 Å². The third kappa shape index (κ3) is 4.34. The molecule has 0 aliphatic heterocycles. The molecule has 0 spiro atoms. The van der Waals surface area contributed by atoms with Crippen LogP contribution in [0.3, 0.4) is 0 Å². The molecule has 0 fully saturated rings. The Balaban J connectivity index is 4.36. The van der Waals surface area contributed by atoms with Crippen molar-refractivity contribution in [1.29, 1.82) is 0 Å². The van der Waals surface area contributed by atoms with Crippen molar-refractivity contribution in [2.75, 3.05) is 6.61 Å². The Bertz CT molecular complexity index is 222. The Morgan fingerprint density at radius 3 is 2.40 bits per heavy atom. The van der Waals surface area contributed by atoms with E-state index in [1.807, 2.05) is 0 Å². The lowest BCUT2D eigenvalue weighted by molar-refractivity contribution is -0.125. The van der Waals surface area contributed by atoms with Crippen molar-refractivity contribution in [2.45, 2.75) is 31.2 Å². The van der Waals surface area contributed by atoms with Crippen molar-refractivity contribution in [3.8, 4) is 0 Å². The summed E-state index contributed by atoms with van der Waals surface area (Å²) in [6, 6.07) is -2.92. The predicted octanol–water partition coefficient (Wildman–Crippen LogP) is -3.30. The van der Waals surface area contributed by atoms with Crippen LogP contribution >= 0.6 is 0 Å². The normalized spacial score (nSPS) is 18.7. The molecule has 0 rings (SSSR count). The van der Waals surface area contributed by atoms with E-state index in [4.69, 9.17) is 16.6 Å². The van der Waals surface area contributed by atoms with Crippen molar-refractivity contribution >= 4 is 12.2 Å². The van der Waals surface area contributed by atoms with Gasteiger partial charge in [0.15, 0.2) is 0 Å². The number of rotatable bonds is 6. The van der Waals surface area contributed by atoms with Crippen LogP contribution in [-0.2, 0) is 9.59 Å². The second kappa shape index (κ2) is 6.46. The first-order valence-electron chi connectivity index (χ1n) is 4.49. The second-order valence-corrected chi connectivity index (χ2v) is 3.29. The molecular formula is C8H17N3O4. The molecule has 4 atom stereocenters. The molecule has 0 unspecified atom stereocenters. The third-order valence-electron chi connectivity index (χ3n) is 1.90. The molecule has 0 aromatic carbocycles. The van der Waals surface area contributed by atoms with E-state index < -0.39 is 36.7 Å². The number of carbonyl (C=O) groups excluding carboxylic acids is 2. The monoisotopic (exact) mass is 219 g/mol. The maximum atomic E-state index is 11.1. The molecule has 88 valence electrons. The summed E-state index contributed by atoms with van der Waals surface area (Å²) in [6.07, 6.45) is -0.999. The van der Waals surface area contributed by atoms with E-state index >= 15 is 0 Å². The summed E-state index contributed by atoms with van der Waals surface area (Å²) in [5.74, 6) is -0.536. The molecule has 0 aromatic rings. The molecule has 0 saturated carbocycles. The zero-order chi connectivity index (χ0) is 12.0. The summed E-state index contributed by atoms with van der Waals surface area (Å²) in [5.41, 5.74) is 10.5. The minimum Gasteiger partial charge on any atom is -0.394 e. The van der Waals surface area contributed by atoms with Gasteiger partial charge in [-0.15, -0.1) is 0 Å². The van der Waals surface area contributed by atoms with E-state index in [2.05, 4.69) is 5.32 Å². The van der Waals surface area contributed by atoms with Crippen LogP contribution in [-0.4, -0.2) is 53.2 Å². The molecule has 0 aliphatic rings. The zero-order valence-corrected chi connectivity index (χ0v) is 8.46. The fourth-order valence-corrected chi connectivity index (χ4v) is 0.902. The summed E-state index contributed by atoms with van der Waals surface area (Å²) >= 11 is 0. The van der Waals surface area contributed by atoms with Gasteiger partial charge < -0.3 is 31.8 Å². The first-order chi connectivity index (χ1) is 6.93. The fourth-order valence-electron chi connectivity index (χ4n) is 0.902. The molecule has 0 heterocycles. The first-order valence-corrected chi connectivity index (χ1v) is 4.49. The average molecular weight is 219 g/mol. The van der Waals surface area contributed by atoms with E-state index in [0.29, 0.717) is 6.29 Å². The van der Waals surface area contributed by atoms with Gasteiger partial charge in [0.2, 0.25) is 5.91 Å². The van der Waals surface area contributed by atoms with Crippen LogP contribution in [0.5, 0.6) is 0 Å². The Kier molecular flexibility index (Phi) is 6.02. The molecule has 7 N–H and O–H groups in total. The lowest BCUT2D eigenvalue weighted by Gasteiger charge is -2.24. The molecule has 7 heteroatoms. The van der Waals surface area contributed by atoms with Gasteiger partial charge in [-0.25, -0.2) is 0 Å². The van der Waals surface area contributed by atoms with Gasteiger partial charge in [-0.3, -0.25) is 4.79 Å². The van der Waals surface area contributed by atoms with E-state index in [1.165, 1.54) is 6.92 Å². The van der Waals surface area contributed by atoms with Gasteiger partial charge in [-0.05, 0) is 6.92 Å². The molecule has 0 aromatic heterocycles. The first kappa shape index (κ1) is 14.0. The molecule has 1 amide bonds. The Morgan fingerprint density at radius 1 is 1.53 bits per heavy atom. The number of aldehydes is 1. The van der Waals surface area contributed by atoms with Crippen LogP contribution in [0.2, 0.25) is 0 Å². The number of hydrogen-bond donors (Lipinski definition) is 5. The van der Waals surface area contributed by atoms with Crippen molar-refractivity contribution < 1.29 is 19.8 Å². The lowest BCUT2D eigenvalue weighted by atomic mass is 10.1. The van der Waals surface area contributed by atoms with Gasteiger partial charge in [0.1, 0.15) is 6.29 Å². The van der Waals surface area contributed by atoms with Crippen LogP contribution in [0.15, 0.2) is 0 Å². The Hall–Kier alpha value is -1.02. The molecule has 0 bridgehead atoms. The molecule has 0 saturated heterocycles. The van der Waals surface area contributed by atoms with Crippen LogP contribution < -0.4 is 16.8 Å². The lowest BCUT2D eigenvalue weighted by Crippen LogP contribution is -2.56. The smallest absolute Gasteiger partial charge is 0.237 e. The maximum absolute atomic E-state index is 11.1. The van der Waals surface area contributed by atoms with Crippen LogP contribution in [0.1, 0.15) is 6.92 Å². The van der Waals surface area contributed by atoms with Gasteiger partial charge in [-0.2, -0.15) is 0 Å². The highest BCUT2D eigenvalue weighted by Gasteiger charge is 2.26. The summed E-state index contributed by atoms with van der Waals surface area (Å²) in [5, 5.41) is 20.6.